The number of hydrogen-bond donors (Lipinski definition) is 1. The van der Waals surface area contributed by atoms with Crippen molar-refractivity contribution in [3.05, 3.63) is 65.5 Å². The van der Waals surface area contributed by atoms with Crippen LogP contribution in [0.3, 0.4) is 0 Å². The van der Waals surface area contributed by atoms with E-state index in [1.54, 1.807) is 12.1 Å². The van der Waals surface area contributed by atoms with E-state index in [-0.39, 0.29) is 11.4 Å². The Morgan fingerprint density at radius 1 is 1.10 bits per heavy atom. The van der Waals surface area contributed by atoms with Crippen LogP contribution in [0.2, 0.25) is 0 Å². The quantitative estimate of drug-likeness (QED) is 0.873. The van der Waals surface area contributed by atoms with Gasteiger partial charge in [-0.15, -0.1) is 0 Å². The van der Waals surface area contributed by atoms with Crippen LogP contribution in [0.15, 0.2) is 53.5 Å². The maximum absolute atomic E-state index is 13.2. The minimum Gasteiger partial charge on any atom is -0.369 e. The summed E-state index contributed by atoms with van der Waals surface area (Å²) in [5, 5.41) is 0. The number of aliphatic imine (C=N–C) groups is 1. The molecule has 2 N–H and O–H groups in total. The molecule has 1 spiro atoms. The molecule has 1 atom stereocenters. The zero-order chi connectivity index (χ0) is 14.4. The van der Waals surface area contributed by atoms with Gasteiger partial charge in [-0.05, 0) is 48.2 Å². The Balaban J connectivity index is 1.85. The lowest BCUT2D eigenvalue weighted by Gasteiger charge is -2.37. The molecule has 4 heteroatoms. The van der Waals surface area contributed by atoms with Gasteiger partial charge in [-0.1, -0.05) is 24.3 Å². The summed E-state index contributed by atoms with van der Waals surface area (Å²) in [5.74, 6) is 0.271. The Labute approximate surface area is 122 Å². The van der Waals surface area contributed by atoms with Gasteiger partial charge in [0, 0.05) is 5.69 Å². The maximum atomic E-state index is 13.2. The molecule has 0 amide bonds. The molecule has 1 aliphatic heterocycles. The summed E-state index contributed by atoms with van der Waals surface area (Å²) in [6.07, 6.45) is 2.00. The molecule has 1 aliphatic carbocycles. The predicted octanol–water partition coefficient (Wildman–Crippen LogP) is 2.80. The number of rotatable bonds is 1. The highest BCUT2D eigenvalue weighted by Gasteiger charge is 2.48. The zero-order valence-electron chi connectivity index (χ0n) is 11.6. The molecular formula is C17H16FN3. The van der Waals surface area contributed by atoms with Crippen LogP contribution in [0.25, 0.3) is 0 Å². The summed E-state index contributed by atoms with van der Waals surface area (Å²) < 4.78 is 13.2. The van der Waals surface area contributed by atoms with E-state index in [2.05, 4.69) is 34.2 Å². The van der Waals surface area contributed by atoms with Crippen molar-refractivity contribution < 1.29 is 4.39 Å². The van der Waals surface area contributed by atoms with Crippen molar-refractivity contribution in [2.75, 3.05) is 11.4 Å². The van der Waals surface area contributed by atoms with Crippen LogP contribution in [-0.4, -0.2) is 12.5 Å². The summed E-state index contributed by atoms with van der Waals surface area (Å²) in [6.45, 7) is 0.660. The van der Waals surface area contributed by atoms with Crippen molar-refractivity contribution in [2.45, 2.75) is 18.4 Å². The molecular weight excluding hydrogens is 265 g/mol. The van der Waals surface area contributed by atoms with Gasteiger partial charge in [-0.2, -0.15) is 0 Å². The van der Waals surface area contributed by atoms with Gasteiger partial charge in [0.25, 0.3) is 0 Å². The average molecular weight is 281 g/mol. The second-order valence-electron chi connectivity index (χ2n) is 5.67. The Hall–Kier alpha value is -2.36. The first-order chi connectivity index (χ1) is 10.2. The first kappa shape index (κ1) is 12.4. The molecule has 1 heterocycles. The van der Waals surface area contributed by atoms with Gasteiger partial charge in [0.2, 0.25) is 0 Å². The summed E-state index contributed by atoms with van der Waals surface area (Å²) in [6, 6.07) is 14.9. The number of fused-ring (bicyclic) bond motifs is 2. The van der Waals surface area contributed by atoms with Gasteiger partial charge in [-0.25, -0.2) is 4.39 Å². The fourth-order valence-corrected chi connectivity index (χ4v) is 3.61. The van der Waals surface area contributed by atoms with Crippen molar-refractivity contribution in [3.63, 3.8) is 0 Å². The van der Waals surface area contributed by atoms with Crippen LogP contribution in [0, 0.1) is 5.82 Å². The number of hydrogen-bond acceptors (Lipinski definition) is 3. The van der Waals surface area contributed by atoms with E-state index in [0.717, 1.165) is 18.5 Å². The molecule has 3 nitrogen and oxygen atoms in total. The highest BCUT2D eigenvalue weighted by molar-refractivity contribution is 5.98. The normalized spacial score (nSPS) is 23.5. The largest absolute Gasteiger partial charge is 0.369 e. The third-order valence-electron chi connectivity index (χ3n) is 4.57. The molecule has 0 saturated carbocycles. The number of guanidine groups is 1. The Morgan fingerprint density at radius 2 is 1.86 bits per heavy atom. The van der Waals surface area contributed by atoms with Crippen LogP contribution in [0.1, 0.15) is 17.5 Å². The van der Waals surface area contributed by atoms with Crippen LogP contribution in [0.4, 0.5) is 10.1 Å². The summed E-state index contributed by atoms with van der Waals surface area (Å²) >= 11 is 0. The Morgan fingerprint density at radius 3 is 2.67 bits per heavy atom. The van der Waals surface area contributed by atoms with Crippen LogP contribution >= 0.6 is 0 Å². The topological polar surface area (TPSA) is 41.6 Å². The Kier molecular flexibility index (Phi) is 2.55. The highest BCUT2D eigenvalue weighted by atomic mass is 19.1. The fourth-order valence-electron chi connectivity index (χ4n) is 3.61. The van der Waals surface area contributed by atoms with Gasteiger partial charge >= 0.3 is 0 Å². The smallest absolute Gasteiger partial charge is 0.196 e. The summed E-state index contributed by atoms with van der Waals surface area (Å²) in [4.78, 5) is 6.54. The second-order valence-corrected chi connectivity index (χ2v) is 5.67. The van der Waals surface area contributed by atoms with Gasteiger partial charge < -0.3 is 10.6 Å². The van der Waals surface area contributed by atoms with Gasteiger partial charge in [-0.3, -0.25) is 4.99 Å². The van der Waals surface area contributed by atoms with E-state index in [1.165, 1.54) is 23.3 Å². The zero-order valence-corrected chi connectivity index (χ0v) is 11.6. The number of benzene rings is 2. The lowest BCUT2D eigenvalue weighted by molar-refractivity contribution is 0.476. The standard InChI is InChI=1S/C17H16FN3/c18-13-5-7-14(8-6-13)21-16(19)20-11-17(21)10-9-12-3-1-2-4-15(12)17/h1-8H,9-11H2,(H2,19,20). The van der Waals surface area contributed by atoms with Crippen LogP contribution in [-0.2, 0) is 12.0 Å². The summed E-state index contributed by atoms with van der Waals surface area (Å²) in [7, 11) is 0. The molecule has 0 radical (unpaired) electrons. The second kappa shape index (κ2) is 4.32. The molecule has 0 fully saturated rings. The highest BCUT2D eigenvalue weighted by Crippen LogP contribution is 2.46. The Bertz CT molecular complexity index is 723. The minimum atomic E-state index is -0.241. The monoisotopic (exact) mass is 281 g/mol. The third-order valence-corrected chi connectivity index (χ3v) is 4.57. The molecule has 0 saturated heterocycles. The molecule has 2 aromatic rings. The van der Waals surface area contributed by atoms with E-state index in [9.17, 15) is 4.39 Å². The van der Waals surface area contributed by atoms with E-state index >= 15 is 0 Å². The molecule has 4 rings (SSSR count). The molecule has 0 bridgehead atoms. The maximum Gasteiger partial charge on any atom is 0.196 e. The third kappa shape index (κ3) is 1.68. The van der Waals surface area contributed by atoms with Crippen molar-refractivity contribution in [3.8, 4) is 0 Å². The van der Waals surface area contributed by atoms with Crippen LogP contribution < -0.4 is 10.6 Å². The lowest BCUT2D eigenvalue weighted by Crippen LogP contribution is -2.48. The first-order valence-electron chi connectivity index (χ1n) is 7.15. The molecule has 0 aromatic heterocycles. The number of anilines is 1. The van der Waals surface area contributed by atoms with E-state index in [1.807, 2.05) is 0 Å². The van der Waals surface area contributed by atoms with E-state index < -0.39 is 0 Å². The fraction of sp³-hybridized carbons (Fsp3) is 0.235. The van der Waals surface area contributed by atoms with Crippen molar-refractivity contribution in [1.82, 2.24) is 0 Å². The summed E-state index contributed by atoms with van der Waals surface area (Å²) in [5.41, 5.74) is 9.47. The number of aryl methyl sites for hydroxylation is 1. The first-order valence-corrected chi connectivity index (χ1v) is 7.15. The van der Waals surface area contributed by atoms with Crippen molar-refractivity contribution >= 4 is 11.6 Å². The SMILES string of the molecule is NC1=NCC2(CCc3ccccc32)N1c1ccc(F)cc1. The van der Waals surface area contributed by atoms with Crippen LogP contribution in [0.5, 0.6) is 0 Å². The average Bonchev–Trinajstić information content (AvgIpc) is 3.04. The minimum absolute atomic E-state index is 0.210. The van der Waals surface area contributed by atoms with Gasteiger partial charge in [0.1, 0.15) is 5.82 Å². The number of nitrogens with zero attached hydrogens (tertiary/aromatic N) is 2. The van der Waals surface area contributed by atoms with E-state index in [4.69, 9.17) is 5.73 Å². The van der Waals surface area contributed by atoms with Gasteiger partial charge in [0.05, 0.1) is 12.1 Å². The molecule has 2 aliphatic rings. The van der Waals surface area contributed by atoms with Crippen molar-refractivity contribution in [1.29, 1.82) is 0 Å². The molecule has 21 heavy (non-hydrogen) atoms. The molecule has 2 aromatic carbocycles. The molecule has 106 valence electrons. The van der Waals surface area contributed by atoms with Crippen molar-refractivity contribution in [2.24, 2.45) is 10.7 Å². The van der Waals surface area contributed by atoms with Gasteiger partial charge in [0.15, 0.2) is 5.96 Å². The lowest BCUT2D eigenvalue weighted by atomic mass is 9.90. The number of halogens is 1. The predicted molar refractivity (Wildman–Crippen MR) is 81.8 cm³/mol. The number of nitrogens with two attached hydrogens (primary N) is 1. The molecule has 1 unspecified atom stereocenters. The van der Waals surface area contributed by atoms with E-state index in [0.29, 0.717) is 12.5 Å².